The fourth-order valence-corrected chi connectivity index (χ4v) is 3.82. The van der Waals surface area contributed by atoms with Crippen LogP contribution in [0.5, 0.6) is 0 Å². The van der Waals surface area contributed by atoms with Gasteiger partial charge in [0.25, 0.3) is 5.91 Å². The van der Waals surface area contributed by atoms with Gasteiger partial charge in [0, 0.05) is 13.1 Å². The zero-order chi connectivity index (χ0) is 18.3. The summed E-state index contributed by atoms with van der Waals surface area (Å²) in [7, 11) is 0. The van der Waals surface area contributed by atoms with E-state index < -0.39 is 23.7 Å². The number of nitrogens with one attached hydrogen (secondary N) is 2. The number of benzene rings is 1. The van der Waals surface area contributed by atoms with Crippen LogP contribution in [0.4, 0.5) is 13.6 Å². The molecule has 1 saturated heterocycles. The summed E-state index contributed by atoms with van der Waals surface area (Å²) in [5.41, 5.74) is 1.29. The van der Waals surface area contributed by atoms with Crippen molar-refractivity contribution in [2.24, 2.45) is 0 Å². The van der Waals surface area contributed by atoms with Gasteiger partial charge in [-0.3, -0.25) is 4.79 Å². The fraction of sp³-hybridized carbons (Fsp3) is 0.444. The summed E-state index contributed by atoms with van der Waals surface area (Å²) in [6, 6.07) is 2.19. The summed E-state index contributed by atoms with van der Waals surface area (Å²) >= 11 is 0. The maximum Gasteiger partial charge on any atom is 0.319 e. The third-order valence-electron chi connectivity index (χ3n) is 5.18. The zero-order valence-electron chi connectivity index (χ0n) is 14.2. The van der Waals surface area contributed by atoms with Crippen LogP contribution >= 0.6 is 0 Å². The van der Waals surface area contributed by atoms with Crippen molar-refractivity contribution in [1.82, 2.24) is 20.4 Å². The molecule has 1 aromatic rings. The molecule has 0 spiro atoms. The summed E-state index contributed by atoms with van der Waals surface area (Å²) in [6.45, 7) is 3.79. The molecule has 0 saturated carbocycles. The Kier molecular flexibility index (Phi) is 4.36. The topological polar surface area (TPSA) is 64.7 Å². The molecule has 3 aliphatic rings. The number of rotatable bonds is 4. The lowest BCUT2D eigenvalue weighted by Crippen LogP contribution is -2.44. The molecule has 0 unspecified atom stereocenters. The number of halogens is 2. The molecule has 2 N–H and O–H groups in total. The predicted octanol–water partition coefficient (Wildman–Crippen LogP) is 1.51. The second kappa shape index (κ2) is 6.68. The van der Waals surface area contributed by atoms with Gasteiger partial charge in [-0.2, -0.15) is 0 Å². The number of urea groups is 1. The smallest absolute Gasteiger partial charge is 0.319 e. The summed E-state index contributed by atoms with van der Waals surface area (Å²) in [4.78, 5) is 28.8. The highest BCUT2D eigenvalue weighted by molar-refractivity contribution is 6.01. The molecule has 26 heavy (non-hydrogen) atoms. The van der Waals surface area contributed by atoms with Crippen LogP contribution in [0.1, 0.15) is 24.4 Å². The Morgan fingerprint density at radius 1 is 1.08 bits per heavy atom. The molecule has 1 aromatic carbocycles. The molecule has 3 heterocycles. The van der Waals surface area contributed by atoms with E-state index in [4.69, 9.17) is 0 Å². The fourth-order valence-electron chi connectivity index (χ4n) is 3.82. The molecule has 1 fully saturated rings. The van der Waals surface area contributed by atoms with Crippen LogP contribution in [0.3, 0.4) is 0 Å². The number of hydrogen-bond acceptors (Lipinski definition) is 3. The van der Waals surface area contributed by atoms with E-state index in [1.807, 2.05) is 0 Å². The van der Waals surface area contributed by atoms with Crippen molar-refractivity contribution in [3.05, 3.63) is 46.7 Å². The van der Waals surface area contributed by atoms with Crippen molar-refractivity contribution >= 4 is 11.9 Å². The first kappa shape index (κ1) is 17.0. The highest BCUT2D eigenvalue weighted by atomic mass is 19.2. The van der Waals surface area contributed by atoms with Crippen molar-refractivity contribution in [2.45, 2.75) is 18.9 Å². The highest BCUT2D eigenvalue weighted by Gasteiger charge is 2.40. The summed E-state index contributed by atoms with van der Waals surface area (Å²) in [6.07, 6.45) is 2.36. The average Bonchev–Trinajstić information content (AvgIpc) is 3.23. The average molecular weight is 362 g/mol. The molecular weight excluding hydrogens is 342 g/mol. The second-order valence-corrected chi connectivity index (χ2v) is 6.87. The SMILES string of the molecule is O=C1NC2=C(C(=O)N(CCN3CCCC3)C2)[C@@H](c2ccc(F)c(F)c2)N1. The Balaban J connectivity index is 1.55. The van der Waals surface area contributed by atoms with Crippen LogP contribution in [0.25, 0.3) is 0 Å². The van der Waals surface area contributed by atoms with Crippen molar-refractivity contribution in [1.29, 1.82) is 0 Å². The summed E-state index contributed by atoms with van der Waals surface area (Å²) in [5, 5.41) is 5.32. The lowest BCUT2D eigenvalue weighted by Gasteiger charge is -2.25. The van der Waals surface area contributed by atoms with Gasteiger partial charge in [-0.25, -0.2) is 13.6 Å². The largest absolute Gasteiger partial charge is 0.332 e. The number of carbonyl (C=O) groups is 2. The second-order valence-electron chi connectivity index (χ2n) is 6.87. The minimum atomic E-state index is -1.01. The maximum atomic E-state index is 13.6. The molecule has 8 heteroatoms. The van der Waals surface area contributed by atoms with Crippen LogP contribution in [-0.2, 0) is 4.79 Å². The molecule has 3 amide bonds. The van der Waals surface area contributed by atoms with Crippen molar-refractivity contribution in [3.63, 3.8) is 0 Å². The molecule has 0 aliphatic carbocycles. The molecule has 6 nitrogen and oxygen atoms in total. The number of hydrogen-bond donors (Lipinski definition) is 2. The first-order chi connectivity index (χ1) is 12.5. The molecule has 4 rings (SSSR count). The van der Waals surface area contributed by atoms with E-state index in [1.54, 1.807) is 4.90 Å². The van der Waals surface area contributed by atoms with Gasteiger partial charge >= 0.3 is 6.03 Å². The third kappa shape index (κ3) is 3.05. The minimum Gasteiger partial charge on any atom is -0.332 e. The van der Waals surface area contributed by atoms with E-state index >= 15 is 0 Å². The Morgan fingerprint density at radius 3 is 2.58 bits per heavy atom. The molecule has 0 bridgehead atoms. The lowest BCUT2D eigenvalue weighted by atomic mass is 9.96. The number of amides is 3. The van der Waals surface area contributed by atoms with Gasteiger partial charge in [0.05, 0.1) is 23.9 Å². The molecule has 138 valence electrons. The lowest BCUT2D eigenvalue weighted by molar-refractivity contribution is -0.126. The first-order valence-corrected chi connectivity index (χ1v) is 8.80. The van der Waals surface area contributed by atoms with E-state index in [-0.39, 0.29) is 5.91 Å². The van der Waals surface area contributed by atoms with Crippen LogP contribution in [0.2, 0.25) is 0 Å². The molecule has 3 aliphatic heterocycles. The van der Waals surface area contributed by atoms with Gasteiger partial charge in [0.2, 0.25) is 0 Å². The number of carbonyl (C=O) groups excluding carboxylic acids is 2. The predicted molar refractivity (Wildman–Crippen MR) is 90.0 cm³/mol. The maximum absolute atomic E-state index is 13.6. The Labute approximate surface area is 149 Å². The molecule has 1 atom stereocenters. The van der Waals surface area contributed by atoms with Crippen LogP contribution in [0, 0.1) is 11.6 Å². The standard InChI is InChI=1S/C18H20F2N4O2/c19-12-4-3-11(9-13(12)20)16-15-14(21-18(26)22-16)10-24(17(15)25)8-7-23-5-1-2-6-23/h3-4,9,16H,1-2,5-8,10H2,(H2,21,22,26)/t16-/m1/s1. The Hall–Kier alpha value is -2.48. The number of nitrogens with zero attached hydrogens (tertiary/aromatic N) is 2. The van der Waals surface area contributed by atoms with Gasteiger partial charge in [0.1, 0.15) is 0 Å². The Morgan fingerprint density at radius 2 is 1.85 bits per heavy atom. The molecular formula is C18H20F2N4O2. The minimum absolute atomic E-state index is 0.179. The number of likely N-dealkylation sites (tertiary alicyclic amines) is 1. The van der Waals surface area contributed by atoms with Crippen LogP contribution in [-0.4, -0.2) is 54.5 Å². The summed E-state index contributed by atoms with van der Waals surface area (Å²) < 4.78 is 26.9. The first-order valence-electron chi connectivity index (χ1n) is 8.80. The molecule has 0 radical (unpaired) electrons. The third-order valence-corrected chi connectivity index (χ3v) is 5.18. The highest BCUT2D eigenvalue weighted by Crippen LogP contribution is 2.33. The van der Waals surface area contributed by atoms with E-state index in [2.05, 4.69) is 15.5 Å². The van der Waals surface area contributed by atoms with Crippen LogP contribution in [0.15, 0.2) is 29.5 Å². The normalized spacial score (nSPS) is 23.3. The van der Waals surface area contributed by atoms with E-state index in [1.165, 1.54) is 18.9 Å². The molecule has 0 aromatic heterocycles. The van der Waals surface area contributed by atoms with Gasteiger partial charge in [-0.1, -0.05) is 6.07 Å². The van der Waals surface area contributed by atoms with E-state index in [0.29, 0.717) is 29.9 Å². The van der Waals surface area contributed by atoms with Gasteiger partial charge < -0.3 is 20.4 Å². The van der Waals surface area contributed by atoms with Gasteiger partial charge in [0.15, 0.2) is 11.6 Å². The monoisotopic (exact) mass is 362 g/mol. The van der Waals surface area contributed by atoms with Crippen molar-refractivity contribution in [2.75, 3.05) is 32.7 Å². The van der Waals surface area contributed by atoms with Crippen LogP contribution < -0.4 is 10.6 Å². The van der Waals surface area contributed by atoms with Gasteiger partial charge in [-0.15, -0.1) is 0 Å². The van der Waals surface area contributed by atoms with E-state index in [0.717, 1.165) is 31.8 Å². The van der Waals surface area contributed by atoms with Gasteiger partial charge in [-0.05, 0) is 43.6 Å². The van der Waals surface area contributed by atoms with E-state index in [9.17, 15) is 18.4 Å². The summed E-state index contributed by atoms with van der Waals surface area (Å²) in [5.74, 6) is -2.15. The van der Waals surface area contributed by atoms with Crippen molar-refractivity contribution < 1.29 is 18.4 Å². The quantitative estimate of drug-likeness (QED) is 0.854. The zero-order valence-corrected chi connectivity index (χ0v) is 14.2. The Bertz CT molecular complexity index is 789. The van der Waals surface area contributed by atoms with Crippen molar-refractivity contribution in [3.8, 4) is 0 Å².